The maximum absolute atomic E-state index is 12.3. The summed E-state index contributed by atoms with van der Waals surface area (Å²) in [6.07, 6.45) is 1.98. The number of sulfonamides is 1. The number of rotatable bonds is 5. The van der Waals surface area contributed by atoms with Crippen molar-refractivity contribution < 1.29 is 13.5 Å². The Morgan fingerprint density at radius 1 is 1.45 bits per heavy atom. The van der Waals surface area contributed by atoms with Crippen molar-refractivity contribution in [3.8, 4) is 0 Å². The summed E-state index contributed by atoms with van der Waals surface area (Å²) in [6, 6.07) is 1.55. The molecule has 1 aromatic heterocycles. The van der Waals surface area contributed by atoms with Crippen molar-refractivity contribution in [2.45, 2.75) is 31.3 Å². The summed E-state index contributed by atoms with van der Waals surface area (Å²) in [5.74, 6) is 0. The molecule has 7 heteroatoms. The molecular weight excluding hydrogens is 296 g/mol. The van der Waals surface area contributed by atoms with Gasteiger partial charge in [0.25, 0.3) is 0 Å². The summed E-state index contributed by atoms with van der Waals surface area (Å²) >= 11 is 1.26. The van der Waals surface area contributed by atoms with Gasteiger partial charge in [-0.15, -0.1) is 11.3 Å². The zero-order valence-electron chi connectivity index (χ0n) is 11.9. The molecule has 2 rings (SSSR count). The molecule has 1 aliphatic heterocycles. The van der Waals surface area contributed by atoms with Crippen molar-refractivity contribution in [1.29, 1.82) is 0 Å². The highest BCUT2D eigenvalue weighted by Gasteiger charge is 2.31. The molecule has 2 N–H and O–H groups in total. The van der Waals surface area contributed by atoms with E-state index in [4.69, 9.17) is 0 Å². The van der Waals surface area contributed by atoms with Gasteiger partial charge in [-0.3, -0.25) is 0 Å². The van der Waals surface area contributed by atoms with Crippen molar-refractivity contribution in [2.75, 3.05) is 26.7 Å². The molecule has 1 saturated heterocycles. The van der Waals surface area contributed by atoms with Crippen LogP contribution in [-0.4, -0.2) is 45.1 Å². The predicted molar refractivity (Wildman–Crippen MR) is 80.3 cm³/mol. The lowest BCUT2D eigenvalue weighted by atomic mass is 9.81. The van der Waals surface area contributed by atoms with Crippen molar-refractivity contribution in [1.82, 2.24) is 9.62 Å². The minimum atomic E-state index is -3.52. The number of thiophene rings is 1. The van der Waals surface area contributed by atoms with Crippen molar-refractivity contribution in [3.63, 3.8) is 0 Å². The van der Waals surface area contributed by atoms with Gasteiger partial charge in [-0.2, -0.15) is 0 Å². The number of aliphatic hydroxyl groups is 1. The Bertz CT molecular complexity index is 546. The molecule has 0 atom stereocenters. The molecule has 0 aliphatic carbocycles. The highest BCUT2D eigenvalue weighted by molar-refractivity contribution is 7.89. The molecule has 0 radical (unpaired) electrons. The van der Waals surface area contributed by atoms with Gasteiger partial charge < -0.3 is 10.0 Å². The third-order valence-corrected chi connectivity index (χ3v) is 6.54. The zero-order valence-corrected chi connectivity index (χ0v) is 13.6. The summed E-state index contributed by atoms with van der Waals surface area (Å²) < 4.78 is 27.3. The van der Waals surface area contributed by atoms with Gasteiger partial charge in [0.2, 0.25) is 10.0 Å². The molecule has 0 unspecified atom stereocenters. The molecule has 0 spiro atoms. The number of aliphatic hydroxyl groups excluding tert-OH is 1. The largest absolute Gasteiger partial charge is 0.391 e. The second-order valence-electron chi connectivity index (χ2n) is 5.80. The van der Waals surface area contributed by atoms with Crippen LogP contribution < -0.4 is 4.72 Å². The van der Waals surface area contributed by atoms with E-state index >= 15 is 0 Å². The van der Waals surface area contributed by atoms with E-state index in [-0.39, 0.29) is 16.9 Å². The second-order valence-corrected chi connectivity index (χ2v) is 8.54. The van der Waals surface area contributed by atoms with Gasteiger partial charge in [0, 0.05) is 11.4 Å². The molecule has 1 aliphatic rings. The number of nitrogens with one attached hydrogen (secondary N) is 1. The third-order valence-electron chi connectivity index (χ3n) is 4.02. The fourth-order valence-corrected chi connectivity index (χ4v) is 4.86. The number of nitrogens with zero attached hydrogens (tertiary/aromatic N) is 1. The molecule has 1 fully saturated rings. The van der Waals surface area contributed by atoms with Crippen LogP contribution in [0.5, 0.6) is 0 Å². The topological polar surface area (TPSA) is 69.6 Å². The molecule has 0 amide bonds. The van der Waals surface area contributed by atoms with Crippen LogP contribution in [0.2, 0.25) is 0 Å². The fraction of sp³-hybridized carbons (Fsp3) is 0.692. The van der Waals surface area contributed by atoms with E-state index in [0.29, 0.717) is 11.4 Å². The minimum Gasteiger partial charge on any atom is -0.391 e. The molecule has 1 aromatic rings. The van der Waals surface area contributed by atoms with Gasteiger partial charge in [-0.25, -0.2) is 13.1 Å². The van der Waals surface area contributed by atoms with Gasteiger partial charge >= 0.3 is 0 Å². The average molecular weight is 318 g/mol. The van der Waals surface area contributed by atoms with Crippen molar-refractivity contribution in [2.24, 2.45) is 5.41 Å². The van der Waals surface area contributed by atoms with E-state index in [2.05, 4.69) is 23.6 Å². The number of hydrogen-bond acceptors (Lipinski definition) is 5. The SMILES string of the molecule is CN1CCC(C)(CNS(=O)(=O)c2ccsc2CO)CC1. The highest BCUT2D eigenvalue weighted by Crippen LogP contribution is 2.30. The quantitative estimate of drug-likeness (QED) is 0.857. The van der Waals surface area contributed by atoms with Crippen molar-refractivity contribution >= 4 is 21.4 Å². The molecular formula is C13H22N2O3S2. The first-order valence-electron chi connectivity index (χ1n) is 6.72. The van der Waals surface area contributed by atoms with Gasteiger partial charge in [-0.05, 0) is 49.8 Å². The summed E-state index contributed by atoms with van der Waals surface area (Å²) in [5.41, 5.74) is 0.00891. The van der Waals surface area contributed by atoms with Gasteiger partial charge in [0.05, 0.1) is 11.5 Å². The maximum atomic E-state index is 12.3. The summed E-state index contributed by atoms with van der Waals surface area (Å²) in [7, 11) is -1.44. The zero-order chi connectivity index (χ0) is 14.8. The van der Waals surface area contributed by atoms with E-state index in [0.717, 1.165) is 25.9 Å². The van der Waals surface area contributed by atoms with Crippen LogP contribution in [0.4, 0.5) is 0 Å². The summed E-state index contributed by atoms with van der Waals surface area (Å²) in [6.45, 7) is 4.33. The lowest BCUT2D eigenvalue weighted by Crippen LogP contribution is -2.43. The summed E-state index contributed by atoms with van der Waals surface area (Å²) in [5, 5.41) is 10.9. The van der Waals surface area contributed by atoms with Crippen LogP contribution in [0, 0.1) is 5.41 Å². The van der Waals surface area contributed by atoms with E-state index < -0.39 is 10.0 Å². The van der Waals surface area contributed by atoms with Crippen LogP contribution in [-0.2, 0) is 16.6 Å². The van der Waals surface area contributed by atoms with Crippen LogP contribution >= 0.6 is 11.3 Å². The maximum Gasteiger partial charge on any atom is 0.241 e. The first-order chi connectivity index (χ1) is 9.36. The van der Waals surface area contributed by atoms with Crippen LogP contribution in [0.25, 0.3) is 0 Å². The monoisotopic (exact) mass is 318 g/mol. The number of piperidine rings is 1. The molecule has 114 valence electrons. The summed E-state index contributed by atoms with van der Waals surface area (Å²) in [4.78, 5) is 2.96. The van der Waals surface area contributed by atoms with Gasteiger partial charge in [-0.1, -0.05) is 6.92 Å². The first kappa shape index (κ1) is 15.9. The van der Waals surface area contributed by atoms with Gasteiger partial charge in [0.15, 0.2) is 0 Å². The Labute approximate surface area is 124 Å². The van der Waals surface area contributed by atoms with E-state index in [1.165, 1.54) is 11.3 Å². The molecule has 5 nitrogen and oxygen atoms in total. The highest BCUT2D eigenvalue weighted by atomic mass is 32.2. The Balaban J connectivity index is 2.03. The molecule has 0 aromatic carbocycles. The number of likely N-dealkylation sites (tertiary alicyclic amines) is 1. The van der Waals surface area contributed by atoms with E-state index in [1.54, 1.807) is 11.4 Å². The van der Waals surface area contributed by atoms with Gasteiger partial charge in [0.1, 0.15) is 0 Å². The van der Waals surface area contributed by atoms with E-state index in [1.807, 2.05) is 0 Å². The van der Waals surface area contributed by atoms with Crippen molar-refractivity contribution in [3.05, 3.63) is 16.3 Å². The molecule has 2 heterocycles. The lowest BCUT2D eigenvalue weighted by molar-refractivity contribution is 0.143. The Hall–Kier alpha value is -0.470. The van der Waals surface area contributed by atoms with E-state index in [9.17, 15) is 13.5 Å². The minimum absolute atomic E-state index is 0.00891. The molecule has 20 heavy (non-hydrogen) atoms. The molecule has 0 saturated carbocycles. The third kappa shape index (κ3) is 3.59. The Kier molecular flexibility index (Phi) is 4.86. The van der Waals surface area contributed by atoms with Crippen LogP contribution in [0.15, 0.2) is 16.3 Å². The smallest absolute Gasteiger partial charge is 0.241 e. The second kappa shape index (κ2) is 6.11. The average Bonchev–Trinajstić information content (AvgIpc) is 2.90. The molecule has 0 bridgehead atoms. The number of hydrogen-bond donors (Lipinski definition) is 2. The Morgan fingerprint density at radius 2 is 2.10 bits per heavy atom. The predicted octanol–water partition coefficient (Wildman–Crippen LogP) is 1.25. The normalized spacial score (nSPS) is 20.1. The lowest BCUT2D eigenvalue weighted by Gasteiger charge is -2.37. The Morgan fingerprint density at radius 3 is 2.70 bits per heavy atom. The fourth-order valence-electron chi connectivity index (χ4n) is 2.37. The van der Waals surface area contributed by atoms with Crippen LogP contribution in [0.1, 0.15) is 24.6 Å². The first-order valence-corrected chi connectivity index (χ1v) is 9.08. The standard InChI is InChI=1S/C13H22N2O3S2/c1-13(4-6-15(2)7-5-13)10-14-20(17,18)12-3-8-19-11(12)9-16/h3,8,14,16H,4-7,9-10H2,1-2H3. The van der Waals surface area contributed by atoms with Crippen LogP contribution in [0.3, 0.4) is 0 Å².